The van der Waals surface area contributed by atoms with Crippen molar-refractivity contribution < 1.29 is 4.39 Å². The fourth-order valence-corrected chi connectivity index (χ4v) is 2.22. The van der Waals surface area contributed by atoms with Crippen LogP contribution in [0.25, 0.3) is 0 Å². The molecule has 0 radical (unpaired) electrons. The van der Waals surface area contributed by atoms with Crippen molar-refractivity contribution in [1.29, 1.82) is 0 Å². The van der Waals surface area contributed by atoms with Crippen molar-refractivity contribution in [3.05, 3.63) is 29.6 Å². The smallest absolute Gasteiger partial charge is 0.123 e. The van der Waals surface area contributed by atoms with Gasteiger partial charge in [-0.05, 0) is 36.6 Å². The maximum Gasteiger partial charge on any atom is 0.123 e. The van der Waals surface area contributed by atoms with Crippen LogP contribution in [0.2, 0.25) is 0 Å². The quantitative estimate of drug-likeness (QED) is 0.768. The summed E-state index contributed by atoms with van der Waals surface area (Å²) in [5, 5.41) is 3.38. The lowest BCUT2D eigenvalue weighted by molar-refractivity contribution is 0.543. The largest absolute Gasteiger partial charge is 0.371 e. The molecule has 0 spiro atoms. The van der Waals surface area contributed by atoms with Crippen LogP contribution in [0.1, 0.15) is 46.6 Å². The number of rotatable bonds is 8. The van der Waals surface area contributed by atoms with Crippen LogP contribution in [0, 0.1) is 11.7 Å². The van der Waals surface area contributed by atoms with E-state index in [1.54, 1.807) is 12.1 Å². The lowest BCUT2D eigenvalue weighted by atomic mass is 10.1. The molecular weight excluding hydrogens is 251 g/mol. The predicted molar refractivity (Wildman–Crippen MR) is 85.7 cm³/mol. The monoisotopic (exact) mass is 280 g/mol. The van der Waals surface area contributed by atoms with Crippen LogP contribution in [0.5, 0.6) is 0 Å². The van der Waals surface area contributed by atoms with Crippen LogP contribution >= 0.6 is 0 Å². The fraction of sp³-hybridized carbons (Fsp3) is 0.647. The van der Waals surface area contributed by atoms with Gasteiger partial charge in [0.05, 0.1) is 0 Å². The fourth-order valence-electron chi connectivity index (χ4n) is 2.22. The molecule has 2 nitrogen and oxygen atoms in total. The van der Waals surface area contributed by atoms with Gasteiger partial charge in [-0.15, -0.1) is 0 Å². The number of hydrogen-bond acceptors (Lipinski definition) is 2. The van der Waals surface area contributed by atoms with Gasteiger partial charge in [-0.3, -0.25) is 0 Å². The summed E-state index contributed by atoms with van der Waals surface area (Å²) < 4.78 is 13.5. The van der Waals surface area contributed by atoms with Gasteiger partial charge in [-0.2, -0.15) is 0 Å². The topological polar surface area (TPSA) is 15.3 Å². The highest BCUT2D eigenvalue weighted by Crippen LogP contribution is 2.23. The normalized spacial score (nSPS) is 12.8. The molecule has 1 aromatic rings. The van der Waals surface area contributed by atoms with Crippen LogP contribution < -0.4 is 10.2 Å². The Morgan fingerprint density at radius 2 is 1.90 bits per heavy atom. The number of nitrogens with zero attached hydrogens (tertiary/aromatic N) is 1. The predicted octanol–water partition coefficient (Wildman–Crippen LogP) is 4.20. The second-order valence-corrected chi connectivity index (χ2v) is 5.86. The highest BCUT2D eigenvalue weighted by molar-refractivity contribution is 5.54. The summed E-state index contributed by atoms with van der Waals surface area (Å²) in [6, 6.07) is 5.53. The van der Waals surface area contributed by atoms with Crippen molar-refractivity contribution in [2.24, 2.45) is 5.92 Å². The second kappa shape index (κ2) is 8.25. The van der Waals surface area contributed by atoms with Gasteiger partial charge in [0.25, 0.3) is 0 Å². The zero-order valence-corrected chi connectivity index (χ0v) is 13.5. The van der Waals surface area contributed by atoms with Crippen molar-refractivity contribution in [1.82, 2.24) is 5.32 Å². The van der Waals surface area contributed by atoms with Gasteiger partial charge >= 0.3 is 0 Å². The summed E-state index contributed by atoms with van der Waals surface area (Å²) in [7, 11) is 0. The first-order chi connectivity index (χ1) is 9.47. The van der Waals surface area contributed by atoms with E-state index in [4.69, 9.17) is 0 Å². The summed E-state index contributed by atoms with van der Waals surface area (Å²) in [5.74, 6) is 0.486. The second-order valence-electron chi connectivity index (χ2n) is 5.86. The third kappa shape index (κ3) is 5.12. The maximum atomic E-state index is 13.5. The third-order valence-electron chi connectivity index (χ3n) is 3.69. The van der Waals surface area contributed by atoms with E-state index in [1.165, 1.54) is 0 Å². The molecule has 3 heteroatoms. The van der Waals surface area contributed by atoms with Crippen LogP contribution in [0.3, 0.4) is 0 Å². The zero-order valence-electron chi connectivity index (χ0n) is 13.5. The van der Waals surface area contributed by atoms with E-state index < -0.39 is 0 Å². The number of halogens is 1. The molecule has 1 rings (SSSR count). The average Bonchev–Trinajstić information content (AvgIpc) is 2.42. The molecule has 114 valence electrons. The molecule has 0 amide bonds. The minimum absolute atomic E-state index is 0.158. The average molecular weight is 280 g/mol. The Hall–Kier alpha value is -1.09. The molecule has 0 saturated carbocycles. The van der Waals surface area contributed by atoms with Gasteiger partial charge in [0, 0.05) is 31.4 Å². The Kier molecular flexibility index (Phi) is 7.00. The minimum atomic E-state index is -0.158. The Balaban J connectivity index is 2.94. The summed E-state index contributed by atoms with van der Waals surface area (Å²) in [6.07, 6.45) is 1.16. The van der Waals surface area contributed by atoms with Gasteiger partial charge in [0.15, 0.2) is 0 Å². The number of anilines is 1. The molecule has 0 aliphatic heterocycles. The number of benzene rings is 1. The maximum absolute atomic E-state index is 13.5. The van der Waals surface area contributed by atoms with E-state index in [0.29, 0.717) is 18.5 Å². The molecular formula is C17H29FN2. The van der Waals surface area contributed by atoms with Gasteiger partial charge in [0.1, 0.15) is 5.82 Å². The molecule has 1 unspecified atom stereocenters. The highest BCUT2D eigenvalue weighted by Gasteiger charge is 2.13. The van der Waals surface area contributed by atoms with Gasteiger partial charge in [-0.25, -0.2) is 4.39 Å². The molecule has 0 aliphatic carbocycles. The van der Waals surface area contributed by atoms with Crippen molar-refractivity contribution in [2.45, 2.75) is 53.6 Å². The molecule has 1 atom stereocenters. The molecule has 0 bridgehead atoms. The Morgan fingerprint density at radius 3 is 2.45 bits per heavy atom. The molecule has 1 N–H and O–H groups in total. The van der Waals surface area contributed by atoms with E-state index in [2.05, 4.69) is 44.8 Å². The molecule has 0 saturated heterocycles. The summed E-state index contributed by atoms with van der Waals surface area (Å²) >= 11 is 0. The highest BCUT2D eigenvalue weighted by atomic mass is 19.1. The molecule has 20 heavy (non-hydrogen) atoms. The Labute approximate surface area is 123 Å². The van der Waals surface area contributed by atoms with Crippen LogP contribution in [0.4, 0.5) is 10.1 Å². The number of hydrogen-bond donors (Lipinski definition) is 1. The minimum Gasteiger partial charge on any atom is -0.371 e. The Morgan fingerprint density at radius 1 is 1.20 bits per heavy atom. The van der Waals surface area contributed by atoms with Crippen LogP contribution in [0.15, 0.2) is 18.2 Å². The lowest BCUT2D eigenvalue weighted by Crippen LogP contribution is -2.30. The lowest BCUT2D eigenvalue weighted by Gasteiger charge is -2.28. The van der Waals surface area contributed by atoms with Crippen molar-refractivity contribution in [3.8, 4) is 0 Å². The first-order valence-electron chi connectivity index (χ1n) is 7.74. The van der Waals surface area contributed by atoms with Crippen LogP contribution in [-0.4, -0.2) is 19.1 Å². The zero-order chi connectivity index (χ0) is 15.1. The SMILES string of the molecule is CCC(C)CN(CC)c1ccc(F)cc1CNC(C)C. The number of nitrogens with one attached hydrogen (secondary N) is 1. The summed E-state index contributed by atoms with van der Waals surface area (Å²) in [4.78, 5) is 2.35. The molecule has 0 aliphatic rings. The third-order valence-corrected chi connectivity index (χ3v) is 3.69. The van der Waals surface area contributed by atoms with Gasteiger partial charge in [0.2, 0.25) is 0 Å². The first kappa shape index (κ1) is 17.0. The summed E-state index contributed by atoms with van der Waals surface area (Å²) in [6.45, 7) is 13.5. The first-order valence-corrected chi connectivity index (χ1v) is 7.74. The van der Waals surface area contributed by atoms with E-state index >= 15 is 0 Å². The summed E-state index contributed by atoms with van der Waals surface area (Å²) in [5.41, 5.74) is 2.20. The molecule has 0 aromatic heterocycles. The van der Waals surface area contributed by atoms with E-state index in [0.717, 1.165) is 30.8 Å². The van der Waals surface area contributed by atoms with Crippen molar-refractivity contribution in [3.63, 3.8) is 0 Å². The van der Waals surface area contributed by atoms with Crippen LogP contribution in [-0.2, 0) is 6.54 Å². The van der Waals surface area contributed by atoms with E-state index in [1.807, 2.05) is 6.07 Å². The standard InChI is InChI=1S/C17H29FN2/c1-6-14(5)12-20(7-2)17-9-8-16(18)10-15(17)11-19-13(3)4/h8-10,13-14,19H,6-7,11-12H2,1-5H3. The van der Waals surface area contributed by atoms with E-state index in [-0.39, 0.29) is 5.82 Å². The van der Waals surface area contributed by atoms with Gasteiger partial charge < -0.3 is 10.2 Å². The molecule has 0 fully saturated rings. The molecule has 1 aromatic carbocycles. The van der Waals surface area contributed by atoms with Crippen molar-refractivity contribution in [2.75, 3.05) is 18.0 Å². The molecule has 0 heterocycles. The van der Waals surface area contributed by atoms with E-state index in [9.17, 15) is 4.39 Å². The van der Waals surface area contributed by atoms with Gasteiger partial charge in [-0.1, -0.05) is 34.1 Å². The van der Waals surface area contributed by atoms with Crippen molar-refractivity contribution >= 4 is 5.69 Å². The Bertz CT molecular complexity index is 404.